The van der Waals surface area contributed by atoms with Crippen molar-refractivity contribution >= 4 is 22.6 Å². The van der Waals surface area contributed by atoms with Gasteiger partial charge in [-0.05, 0) is 49.8 Å². The van der Waals surface area contributed by atoms with Crippen molar-refractivity contribution in [1.29, 1.82) is 0 Å². The van der Waals surface area contributed by atoms with Crippen LogP contribution in [0.25, 0.3) is 10.9 Å². The second-order valence-electron chi connectivity index (χ2n) is 9.96. The third kappa shape index (κ3) is 4.61. The summed E-state index contributed by atoms with van der Waals surface area (Å²) in [6.07, 6.45) is -2.98. The van der Waals surface area contributed by atoms with Crippen molar-refractivity contribution < 1.29 is 32.2 Å². The first kappa shape index (κ1) is 22.3. The second-order valence-corrected chi connectivity index (χ2v) is 9.96. The number of pyridine rings is 1. The van der Waals surface area contributed by atoms with E-state index in [-0.39, 0.29) is 48.2 Å². The summed E-state index contributed by atoms with van der Waals surface area (Å²) in [6.45, 7) is 1.91. The molecule has 33 heavy (non-hydrogen) atoms. The SMILES string of the molecule is Cc1ccc2nc(C(=O)NC34CC(CC(=O)COC5CC(OC(F)(F)F)C5)(C3)C4)ccc2c1. The van der Waals surface area contributed by atoms with Crippen LogP contribution in [0.3, 0.4) is 0 Å². The predicted octanol–water partition coefficient (Wildman–Crippen LogP) is 4.24. The van der Waals surface area contributed by atoms with Gasteiger partial charge in [0.2, 0.25) is 0 Å². The van der Waals surface area contributed by atoms with Gasteiger partial charge < -0.3 is 10.1 Å². The van der Waals surface area contributed by atoms with E-state index in [1.54, 1.807) is 6.07 Å². The molecule has 1 aromatic carbocycles. The maximum absolute atomic E-state index is 12.7. The molecule has 0 saturated heterocycles. The fraction of sp³-hybridized carbons (Fsp3) is 0.542. The summed E-state index contributed by atoms with van der Waals surface area (Å²) >= 11 is 0. The number of halogens is 3. The number of fused-ring (bicyclic) bond motifs is 1. The summed E-state index contributed by atoms with van der Waals surface area (Å²) in [7, 11) is 0. The predicted molar refractivity (Wildman–Crippen MR) is 112 cm³/mol. The first-order valence-electron chi connectivity index (χ1n) is 11.1. The van der Waals surface area contributed by atoms with Gasteiger partial charge in [0.05, 0.1) is 17.7 Å². The van der Waals surface area contributed by atoms with Crippen molar-refractivity contribution in [2.75, 3.05) is 6.61 Å². The summed E-state index contributed by atoms with van der Waals surface area (Å²) in [5.41, 5.74) is 1.92. The minimum Gasteiger partial charge on any atom is -0.370 e. The van der Waals surface area contributed by atoms with E-state index < -0.39 is 12.5 Å². The van der Waals surface area contributed by atoms with Crippen LogP contribution in [0.2, 0.25) is 0 Å². The van der Waals surface area contributed by atoms with Gasteiger partial charge in [0.15, 0.2) is 5.78 Å². The molecule has 0 radical (unpaired) electrons. The van der Waals surface area contributed by atoms with E-state index in [9.17, 15) is 22.8 Å². The Morgan fingerprint density at radius 3 is 2.55 bits per heavy atom. The van der Waals surface area contributed by atoms with E-state index in [1.807, 2.05) is 31.2 Å². The van der Waals surface area contributed by atoms with Crippen LogP contribution >= 0.6 is 0 Å². The number of nitrogens with one attached hydrogen (secondary N) is 1. The molecule has 0 atom stereocenters. The number of hydrogen-bond donors (Lipinski definition) is 1. The van der Waals surface area contributed by atoms with Crippen molar-refractivity contribution in [3.63, 3.8) is 0 Å². The van der Waals surface area contributed by atoms with E-state index in [0.29, 0.717) is 12.1 Å². The van der Waals surface area contributed by atoms with Gasteiger partial charge in [-0.25, -0.2) is 4.98 Å². The van der Waals surface area contributed by atoms with Crippen molar-refractivity contribution in [2.45, 2.75) is 69.6 Å². The van der Waals surface area contributed by atoms with Crippen LogP contribution in [-0.2, 0) is 14.3 Å². The molecule has 1 N–H and O–H groups in total. The Bertz CT molecular complexity index is 1090. The van der Waals surface area contributed by atoms with E-state index in [0.717, 1.165) is 35.7 Å². The molecule has 1 aromatic heterocycles. The Morgan fingerprint density at radius 2 is 1.85 bits per heavy atom. The van der Waals surface area contributed by atoms with Crippen molar-refractivity contribution in [3.05, 3.63) is 41.6 Å². The molecule has 6 rings (SSSR count). The minimum atomic E-state index is -4.63. The zero-order valence-corrected chi connectivity index (χ0v) is 18.2. The summed E-state index contributed by atoms with van der Waals surface area (Å²) in [5, 5.41) is 4.08. The highest BCUT2D eigenvalue weighted by Gasteiger charge is 2.68. The first-order valence-corrected chi connectivity index (χ1v) is 11.1. The van der Waals surface area contributed by atoms with Crippen molar-refractivity contribution in [2.24, 2.45) is 5.41 Å². The molecule has 0 spiro atoms. The number of carbonyl (C=O) groups is 2. The molecule has 0 unspecified atom stereocenters. The van der Waals surface area contributed by atoms with Crippen LogP contribution in [-0.4, -0.2) is 47.4 Å². The normalized spacial score (nSPS) is 30.2. The molecule has 176 valence electrons. The highest BCUT2D eigenvalue weighted by Crippen LogP contribution is 2.69. The Hall–Kier alpha value is -2.52. The molecule has 4 saturated carbocycles. The average molecular weight is 462 g/mol. The molecule has 4 aliphatic rings. The third-order valence-electron chi connectivity index (χ3n) is 7.00. The molecular formula is C24H25F3N2O4. The number of carbonyl (C=O) groups excluding carboxylic acids is 2. The number of ether oxygens (including phenoxy) is 2. The van der Waals surface area contributed by atoms with E-state index in [2.05, 4.69) is 15.0 Å². The summed E-state index contributed by atoms with van der Waals surface area (Å²) in [5.74, 6) is -0.262. The third-order valence-corrected chi connectivity index (χ3v) is 7.00. The van der Waals surface area contributed by atoms with Crippen LogP contribution in [0.15, 0.2) is 30.3 Å². The fourth-order valence-electron chi connectivity index (χ4n) is 5.61. The summed E-state index contributed by atoms with van der Waals surface area (Å²) in [4.78, 5) is 29.5. The molecule has 1 heterocycles. The average Bonchev–Trinajstić information content (AvgIpc) is 2.65. The number of aryl methyl sites for hydroxylation is 1. The van der Waals surface area contributed by atoms with Crippen LogP contribution in [0.4, 0.5) is 13.2 Å². The molecule has 6 nitrogen and oxygen atoms in total. The van der Waals surface area contributed by atoms with E-state index in [1.165, 1.54) is 0 Å². The highest BCUT2D eigenvalue weighted by molar-refractivity contribution is 5.95. The number of rotatable bonds is 8. The number of Topliss-reactive ketones (excluding diaryl/α,β-unsaturated/α-hetero) is 1. The first-order chi connectivity index (χ1) is 15.5. The largest absolute Gasteiger partial charge is 0.522 e. The Morgan fingerprint density at radius 1 is 1.12 bits per heavy atom. The lowest BCUT2D eigenvalue weighted by atomic mass is 9.38. The molecule has 1 amide bonds. The number of ketones is 1. The van der Waals surface area contributed by atoms with E-state index >= 15 is 0 Å². The van der Waals surface area contributed by atoms with Crippen molar-refractivity contribution in [3.8, 4) is 0 Å². The van der Waals surface area contributed by atoms with Gasteiger partial charge in [0.25, 0.3) is 5.91 Å². The number of benzene rings is 1. The standard InChI is InChI=1S/C24H25F3N2O4/c1-14-2-4-19-15(6-14)3-5-20(28-19)21(31)29-23-11-22(12-23,13-23)9-16(30)10-32-17-7-18(8-17)33-24(25,26)27/h2-6,17-18H,7-13H2,1H3,(H,29,31). The van der Waals surface area contributed by atoms with Crippen molar-refractivity contribution in [1.82, 2.24) is 10.3 Å². The number of nitrogens with zero attached hydrogens (tertiary/aromatic N) is 1. The van der Waals surface area contributed by atoms with Gasteiger partial charge in [-0.1, -0.05) is 17.7 Å². The Labute approximate surface area is 188 Å². The monoisotopic (exact) mass is 462 g/mol. The quantitative estimate of drug-likeness (QED) is 0.635. The smallest absolute Gasteiger partial charge is 0.370 e. The second kappa shape index (κ2) is 7.77. The molecule has 9 heteroatoms. The lowest BCUT2D eigenvalue weighted by Crippen LogP contribution is -2.75. The van der Waals surface area contributed by atoms with E-state index in [4.69, 9.17) is 4.74 Å². The topological polar surface area (TPSA) is 77.5 Å². The van der Waals surface area contributed by atoms with Crippen LogP contribution < -0.4 is 5.32 Å². The molecule has 2 aromatic rings. The minimum absolute atomic E-state index is 0.0543. The Balaban J connectivity index is 1.05. The molecular weight excluding hydrogens is 437 g/mol. The van der Waals surface area contributed by atoms with Crippen LogP contribution in [0.5, 0.6) is 0 Å². The molecule has 4 fully saturated rings. The Kier molecular flexibility index (Phi) is 5.25. The van der Waals surface area contributed by atoms with Gasteiger partial charge in [0.1, 0.15) is 12.3 Å². The van der Waals surface area contributed by atoms with Gasteiger partial charge in [-0.3, -0.25) is 14.3 Å². The highest BCUT2D eigenvalue weighted by atomic mass is 19.4. The van der Waals surface area contributed by atoms with Gasteiger partial charge in [0, 0.05) is 30.2 Å². The number of amides is 1. The zero-order chi connectivity index (χ0) is 23.4. The van der Waals surface area contributed by atoms with Gasteiger partial charge in [-0.15, -0.1) is 13.2 Å². The number of hydrogen-bond acceptors (Lipinski definition) is 5. The maximum Gasteiger partial charge on any atom is 0.522 e. The number of aromatic nitrogens is 1. The van der Waals surface area contributed by atoms with Gasteiger partial charge >= 0.3 is 6.36 Å². The lowest BCUT2D eigenvalue weighted by Gasteiger charge is -2.70. The number of alkyl halides is 3. The molecule has 4 aliphatic carbocycles. The van der Waals surface area contributed by atoms with Crippen LogP contribution in [0.1, 0.15) is 54.6 Å². The molecule has 0 aliphatic heterocycles. The summed E-state index contributed by atoms with van der Waals surface area (Å²) in [6, 6.07) is 9.51. The maximum atomic E-state index is 12.7. The van der Waals surface area contributed by atoms with Crippen LogP contribution in [0, 0.1) is 12.3 Å². The fourth-order valence-corrected chi connectivity index (χ4v) is 5.61. The summed E-state index contributed by atoms with van der Waals surface area (Å²) < 4.78 is 45.8. The zero-order valence-electron chi connectivity index (χ0n) is 18.2. The van der Waals surface area contributed by atoms with Gasteiger partial charge in [-0.2, -0.15) is 0 Å². The lowest BCUT2D eigenvalue weighted by molar-refractivity contribution is -0.357. The molecule has 2 bridgehead atoms.